The Bertz CT molecular complexity index is 453. The van der Waals surface area contributed by atoms with Crippen molar-refractivity contribution in [1.29, 1.82) is 0 Å². The van der Waals surface area contributed by atoms with E-state index >= 15 is 0 Å². The van der Waals surface area contributed by atoms with Gasteiger partial charge < -0.3 is 10.6 Å². The number of nitrogens with one attached hydrogen (secondary N) is 2. The second kappa shape index (κ2) is 7.82. The number of carbonyl (C=O) groups is 1. The summed E-state index contributed by atoms with van der Waals surface area (Å²) in [6, 6.07) is 8.04. The summed E-state index contributed by atoms with van der Waals surface area (Å²) in [6.07, 6.45) is 4.30. The summed E-state index contributed by atoms with van der Waals surface area (Å²) in [7, 11) is 0. The zero-order valence-electron chi connectivity index (χ0n) is 11.9. The molecule has 108 valence electrons. The maximum Gasteiger partial charge on any atom is 0.238 e. The van der Waals surface area contributed by atoms with E-state index in [0.29, 0.717) is 13.1 Å². The van der Waals surface area contributed by atoms with Gasteiger partial charge in [-0.15, -0.1) is 6.58 Å². The first-order chi connectivity index (χ1) is 9.79. The highest BCUT2D eigenvalue weighted by molar-refractivity contribution is 5.92. The van der Waals surface area contributed by atoms with Crippen LogP contribution in [-0.2, 0) is 11.3 Å². The van der Waals surface area contributed by atoms with E-state index in [-0.39, 0.29) is 5.91 Å². The van der Waals surface area contributed by atoms with E-state index in [1.165, 1.54) is 18.4 Å². The molecule has 1 aliphatic heterocycles. The van der Waals surface area contributed by atoms with Crippen LogP contribution in [0.1, 0.15) is 18.4 Å². The third-order valence-corrected chi connectivity index (χ3v) is 3.46. The monoisotopic (exact) mass is 273 g/mol. The number of para-hydroxylation sites is 1. The van der Waals surface area contributed by atoms with Gasteiger partial charge in [-0.1, -0.05) is 24.3 Å². The van der Waals surface area contributed by atoms with Crippen LogP contribution in [0.15, 0.2) is 36.9 Å². The third kappa shape index (κ3) is 4.47. The number of likely N-dealkylation sites (tertiary alicyclic amines) is 1. The molecule has 0 unspecified atom stereocenters. The maximum atomic E-state index is 11.9. The Morgan fingerprint density at radius 2 is 2.05 bits per heavy atom. The van der Waals surface area contributed by atoms with Gasteiger partial charge in [-0.3, -0.25) is 9.69 Å². The third-order valence-electron chi connectivity index (χ3n) is 3.46. The summed E-state index contributed by atoms with van der Waals surface area (Å²) >= 11 is 0. The molecule has 1 amide bonds. The summed E-state index contributed by atoms with van der Waals surface area (Å²) < 4.78 is 0. The van der Waals surface area contributed by atoms with Crippen LogP contribution in [0.3, 0.4) is 0 Å². The normalized spacial score (nSPS) is 15.2. The quantitative estimate of drug-likeness (QED) is 0.590. The van der Waals surface area contributed by atoms with Crippen molar-refractivity contribution in [3.63, 3.8) is 0 Å². The van der Waals surface area contributed by atoms with Crippen LogP contribution in [0.2, 0.25) is 0 Å². The number of amides is 1. The molecule has 0 saturated carbocycles. The predicted molar refractivity (Wildman–Crippen MR) is 82.6 cm³/mol. The molecule has 0 atom stereocenters. The van der Waals surface area contributed by atoms with Crippen LogP contribution < -0.4 is 10.6 Å². The first-order valence-corrected chi connectivity index (χ1v) is 7.21. The molecule has 4 heteroatoms. The molecule has 2 rings (SSSR count). The maximum absolute atomic E-state index is 11.9. The van der Waals surface area contributed by atoms with E-state index in [9.17, 15) is 4.79 Å². The molecule has 1 aromatic rings. The van der Waals surface area contributed by atoms with Gasteiger partial charge in [0.2, 0.25) is 5.91 Å². The van der Waals surface area contributed by atoms with Crippen molar-refractivity contribution in [2.24, 2.45) is 0 Å². The highest BCUT2D eigenvalue weighted by atomic mass is 16.1. The topological polar surface area (TPSA) is 44.4 Å². The molecule has 20 heavy (non-hydrogen) atoms. The molecule has 2 N–H and O–H groups in total. The minimum absolute atomic E-state index is 0.0132. The van der Waals surface area contributed by atoms with E-state index in [1.807, 2.05) is 18.2 Å². The van der Waals surface area contributed by atoms with Gasteiger partial charge in [-0.25, -0.2) is 0 Å². The minimum atomic E-state index is -0.0132. The summed E-state index contributed by atoms with van der Waals surface area (Å²) in [6.45, 7) is 7.79. The Hall–Kier alpha value is -1.65. The van der Waals surface area contributed by atoms with E-state index in [4.69, 9.17) is 0 Å². The van der Waals surface area contributed by atoms with Crippen LogP contribution >= 0.6 is 0 Å². The van der Waals surface area contributed by atoms with E-state index in [0.717, 1.165) is 25.3 Å². The lowest BCUT2D eigenvalue weighted by Crippen LogP contribution is -2.28. The second-order valence-electron chi connectivity index (χ2n) is 5.11. The molecule has 1 fully saturated rings. The molecule has 4 nitrogen and oxygen atoms in total. The molecule has 0 aromatic heterocycles. The number of benzene rings is 1. The van der Waals surface area contributed by atoms with Gasteiger partial charge in [-0.2, -0.15) is 0 Å². The van der Waals surface area contributed by atoms with E-state index in [1.54, 1.807) is 6.08 Å². The zero-order chi connectivity index (χ0) is 14.2. The lowest BCUT2D eigenvalue weighted by atomic mass is 10.1. The van der Waals surface area contributed by atoms with Gasteiger partial charge in [-0.05, 0) is 37.6 Å². The lowest BCUT2D eigenvalue weighted by Gasteiger charge is -2.17. The first kappa shape index (κ1) is 14.8. The number of rotatable bonds is 7. The highest BCUT2D eigenvalue weighted by Gasteiger charge is 2.14. The molecule has 1 saturated heterocycles. The van der Waals surface area contributed by atoms with Crippen molar-refractivity contribution in [2.45, 2.75) is 19.4 Å². The fraction of sp³-hybridized carbons (Fsp3) is 0.438. The molecule has 1 heterocycles. The summed E-state index contributed by atoms with van der Waals surface area (Å²) in [5.41, 5.74) is 2.11. The SMILES string of the molecule is C=CCNCC(=O)Nc1ccccc1CN1CCCC1. The molecule has 0 aliphatic carbocycles. The van der Waals surface area contributed by atoms with Crippen LogP contribution in [0.4, 0.5) is 5.69 Å². The summed E-state index contributed by atoms with van der Waals surface area (Å²) in [5, 5.41) is 5.99. The van der Waals surface area contributed by atoms with Crippen molar-refractivity contribution < 1.29 is 4.79 Å². The Morgan fingerprint density at radius 3 is 2.80 bits per heavy atom. The van der Waals surface area contributed by atoms with Gasteiger partial charge in [0.05, 0.1) is 6.54 Å². The van der Waals surface area contributed by atoms with E-state index < -0.39 is 0 Å². The van der Waals surface area contributed by atoms with Crippen LogP contribution in [0.5, 0.6) is 0 Å². The smallest absolute Gasteiger partial charge is 0.238 e. The molecule has 0 spiro atoms. The molecular formula is C16H23N3O. The van der Waals surface area contributed by atoms with Crippen molar-refractivity contribution in [2.75, 3.05) is 31.5 Å². The first-order valence-electron chi connectivity index (χ1n) is 7.21. The fourth-order valence-corrected chi connectivity index (χ4v) is 2.44. The Morgan fingerprint density at radius 1 is 1.30 bits per heavy atom. The van der Waals surface area contributed by atoms with Gasteiger partial charge >= 0.3 is 0 Å². The lowest BCUT2D eigenvalue weighted by molar-refractivity contribution is -0.115. The van der Waals surface area contributed by atoms with Crippen LogP contribution in [-0.4, -0.2) is 37.0 Å². The average Bonchev–Trinajstić information content (AvgIpc) is 2.94. The number of nitrogens with zero attached hydrogens (tertiary/aromatic N) is 1. The Balaban J connectivity index is 1.92. The Labute approximate surface area is 120 Å². The molecular weight excluding hydrogens is 250 g/mol. The number of hydrogen-bond donors (Lipinski definition) is 2. The molecule has 0 bridgehead atoms. The minimum Gasteiger partial charge on any atom is -0.325 e. The largest absolute Gasteiger partial charge is 0.325 e. The van der Waals surface area contributed by atoms with Crippen LogP contribution in [0, 0.1) is 0 Å². The number of anilines is 1. The summed E-state index contributed by atoms with van der Waals surface area (Å²) in [5.74, 6) is -0.0132. The predicted octanol–water partition coefficient (Wildman–Crippen LogP) is 2.00. The Kier molecular flexibility index (Phi) is 5.77. The second-order valence-corrected chi connectivity index (χ2v) is 5.11. The van der Waals surface area contributed by atoms with Crippen molar-refractivity contribution in [3.8, 4) is 0 Å². The van der Waals surface area contributed by atoms with Crippen molar-refractivity contribution in [3.05, 3.63) is 42.5 Å². The van der Waals surface area contributed by atoms with Gasteiger partial charge in [0, 0.05) is 18.8 Å². The van der Waals surface area contributed by atoms with E-state index in [2.05, 4.69) is 28.2 Å². The van der Waals surface area contributed by atoms with Crippen molar-refractivity contribution in [1.82, 2.24) is 10.2 Å². The number of carbonyl (C=O) groups excluding carboxylic acids is 1. The van der Waals surface area contributed by atoms with Gasteiger partial charge in [0.1, 0.15) is 0 Å². The molecule has 0 radical (unpaired) electrons. The van der Waals surface area contributed by atoms with Crippen molar-refractivity contribution >= 4 is 11.6 Å². The van der Waals surface area contributed by atoms with Crippen LogP contribution in [0.25, 0.3) is 0 Å². The van der Waals surface area contributed by atoms with Gasteiger partial charge in [0.15, 0.2) is 0 Å². The standard InChI is InChI=1S/C16H23N3O/c1-2-9-17-12-16(20)18-15-8-4-3-7-14(15)13-19-10-5-6-11-19/h2-4,7-8,17H,1,5-6,9-13H2,(H,18,20). The molecule has 1 aliphatic rings. The van der Waals surface area contributed by atoms with Gasteiger partial charge in [0.25, 0.3) is 0 Å². The fourth-order valence-electron chi connectivity index (χ4n) is 2.44. The average molecular weight is 273 g/mol. The highest BCUT2D eigenvalue weighted by Crippen LogP contribution is 2.19. The zero-order valence-corrected chi connectivity index (χ0v) is 11.9. The molecule has 1 aromatic carbocycles. The number of hydrogen-bond acceptors (Lipinski definition) is 3. The summed E-state index contributed by atoms with van der Waals surface area (Å²) in [4.78, 5) is 14.3.